The standard InChI is InChI=1S/C29H41N7O4/c1-20(31-29-32-34-35-33-29)15-23-17-25(22-6-8-24(38-3)9-7-22)28(18-30-23)40-19-21-5-10-27-26(16-21)36(12-14-39-27)11-4-13-37-2/h5-10,16,20,23,25,28,30H,4,11-15,17-19H2,1-3H3,(H2,31,32,33,34,35)/t20-,23+,25+,28-/m0/s1. The minimum Gasteiger partial charge on any atom is -0.497 e. The Morgan fingerprint density at radius 2 is 2.05 bits per heavy atom. The van der Waals surface area contributed by atoms with E-state index in [4.69, 9.17) is 18.9 Å². The molecule has 2 aliphatic heterocycles. The van der Waals surface area contributed by atoms with E-state index < -0.39 is 0 Å². The maximum Gasteiger partial charge on any atom is 0.240 e. The molecule has 3 N–H and O–H groups in total. The van der Waals surface area contributed by atoms with Gasteiger partial charge in [-0.15, -0.1) is 0 Å². The van der Waals surface area contributed by atoms with Gasteiger partial charge in [-0.1, -0.05) is 23.3 Å². The highest BCUT2D eigenvalue weighted by Gasteiger charge is 2.33. The lowest BCUT2D eigenvalue weighted by Gasteiger charge is -2.38. The molecule has 0 bridgehead atoms. The normalized spacial score (nSPS) is 21.4. The maximum absolute atomic E-state index is 6.64. The summed E-state index contributed by atoms with van der Waals surface area (Å²) in [5, 5.41) is 21.1. The summed E-state index contributed by atoms with van der Waals surface area (Å²) in [6.45, 7) is 6.75. The van der Waals surface area contributed by atoms with Gasteiger partial charge < -0.3 is 34.5 Å². The van der Waals surface area contributed by atoms with Crippen LogP contribution in [0.15, 0.2) is 42.5 Å². The van der Waals surface area contributed by atoms with Crippen molar-refractivity contribution in [1.82, 2.24) is 25.9 Å². The largest absolute Gasteiger partial charge is 0.497 e. The van der Waals surface area contributed by atoms with Gasteiger partial charge in [-0.3, -0.25) is 0 Å². The number of nitrogens with one attached hydrogen (secondary N) is 3. The number of piperidine rings is 1. The predicted molar refractivity (Wildman–Crippen MR) is 153 cm³/mol. The number of anilines is 2. The average Bonchev–Trinajstić information content (AvgIpc) is 3.49. The number of hydrogen-bond acceptors (Lipinski definition) is 10. The lowest BCUT2D eigenvalue weighted by Crippen LogP contribution is -2.48. The van der Waals surface area contributed by atoms with E-state index >= 15 is 0 Å². The first-order chi connectivity index (χ1) is 19.6. The summed E-state index contributed by atoms with van der Waals surface area (Å²) in [6.07, 6.45) is 2.92. The fourth-order valence-corrected chi connectivity index (χ4v) is 5.71. The molecule has 1 fully saturated rings. The van der Waals surface area contributed by atoms with Gasteiger partial charge in [0, 0.05) is 44.8 Å². The predicted octanol–water partition coefficient (Wildman–Crippen LogP) is 3.37. The third-order valence-corrected chi connectivity index (χ3v) is 7.73. The van der Waals surface area contributed by atoms with E-state index in [-0.39, 0.29) is 18.1 Å². The van der Waals surface area contributed by atoms with E-state index in [1.807, 2.05) is 12.1 Å². The van der Waals surface area contributed by atoms with Crippen LogP contribution >= 0.6 is 0 Å². The molecule has 2 aromatic carbocycles. The number of methoxy groups -OCH3 is 2. The quantitative estimate of drug-likeness (QED) is 0.273. The number of aromatic amines is 1. The van der Waals surface area contributed by atoms with Crippen LogP contribution in [0.1, 0.15) is 43.2 Å². The highest BCUT2D eigenvalue weighted by atomic mass is 16.5. The molecule has 0 spiro atoms. The third kappa shape index (κ3) is 7.21. The fraction of sp³-hybridized carbons (Fsp3) is 0.552. The van der Waals surface area contributed by atoms with Crippen LogP contribution in [0.2, 0.25) is 0 Å². The minimum absolute atomic E-state index is 0.0384. The lowest BCUT2D eigenvalue weighted by molar-refractivity contribution is 0.00201. The first kappa shape index (κ1) is 28.1. The molecule has 0 radical (unpaired) electrons. The van der Waals surface area contributed by atoms with Crippen molar-refractivity contribution in [3.8, 4) is 11.5 Å². The summed E-state index contributed by atoms with van der Waals surface area (Å²) >= 11 is 0. The summed E-state index contributed by atoms with van der Waals surface area (Å²) in [6, 6.07) is 15.3. The molecule has 1 saturated heterocycles. The monoisotopic (exact) mass is 551 g/mol. The molecule has 1 aromatic heterocycles. The summed E-state index contributed by atoms with van der Waals surface area (Å²) in [5.41, 5.74) is 3.55. The summed E-state index contributed by atoms with van der Waals surface area (Å²) in [4.78, 5) is 2.39. The molecule has 3 heterocycles. The molecule has 5 rings (SSSR count). The Balaban J connectivity index is 1.25. The van der Waals surface area contributed by atoms with Crippen LogP contribution in [0.25, 0.3) is 0 Å². The summed E-state index contributed by atoms with van der Waals surface area (Å²) in [5.74, 6) is 2.64. The van der Waals surface area contributed by atoms with Crippen LogP contribution in [-0.2, 0) is 16.1 Å². The zero-order chi connectivity index (χ0) is 27.7. The van der Waals surface area contributed by atoms with E-state index in [2.05, 4.69) is 73.4 Å². The van der Waals surface area contributed by atoms with Gasteiger partial charge in [0.1, 0.15) is 18.1 Å². The highest BCUT2D eigenvalue weighted by Crippen LogP contribution is 2.35. The van der Waals surface area contributed by atoms with Crippen molar-refractivity contribution in [2.24, 2.45) is 0 Å². The van der Waals surface area contributed by atoms with Crippen LogP contribution in [0.3, 0.4) is 0 Å². The molecule has 3 aromatic rings. The van der Waals surface area contributed by atoms with Crippen LogP contribution < -0.4 is 25.0 Å². The fourth-order valence-electron chi connectivity index (χ4n) is 5.71. The zero-order valence-electron chi connectivity index (χ0n) is 23.6. The van der Waals surface area contributed by atoms with Crippen molar-refractivity contribution < 1.29 is 18.9 Å². The van der Waals surface area contributed by atoms with Gasteiger partial charge in [0.2, 0.25) is 5.95 Å². The van der Waals surface area contributed by atoms with Crippen molar-refractivity contribution >= 4 is 11.6 Å². The molecular formula is C29H41N7O4. The third-order valence-electron chi connectivity index (χ3n) is 7.73. The van der Waals surface area contributed by atoms with Gasteiger partial charge in [0.15, 0.2) is 0 Å². The van der Waals surface area contributed by atoms with E-state index in [1.165, 1.54) is 5.56 Å². The van der Waals surface area contributed by atoms with Crippen molar-refractivity contribution in [3.63, 3.8) is 0 Å². The number of ether oxygens (including phenoxy) is 4. The summed E-state index contributed by atoms with van der Waals surface area (Å²) < 4.78 is 23.2. The first-order valence-electron chi connectivity index (χ1n) is 14.1. The van der Waals surface area contributed by atoms with Crippen molar-refractivity contribution in [3.05, 3.63) is 53.6 Å². The molecule has 11 nitrogen and oxygen atoms in total. The SMILES string of the molecule is COCCCN1CCOc2ccc(CO[C@H]3CN[C@H](C[C@H](C)Nc4nnn[nH]4)C[C@@H]3c3ccc(OC)cc3)cc21. The van der Waals surface area contributed by atoms with Crippen molar-refractivity contribution in [1.29, 1.82) is 0 Å². The van der Waals surface area contributed by atoms with E-state index in [0.29, 0.717) is 25.2 Å². The van der Waals surface area contributed by atoms with Crippen molar-refractivity contribution in [2.75, 3.05) is 57.3 Å². The number of hydrogen-bond donors (Lipinski definition) is 3. The topological polar surface area (TPSA) is 119 Å². The molecular weight excluding hydrogens is 510 g/mol. The minimum atomic E-state index is 0.0384. The van der Waals surface area contributed by atoms with E-state index in [1.54, 1.807) is 14.2 Å². The van der Waals surface area contributed by atoms with Crippen LogP contribution in [0.4, 0.5) is 11.6 Å². The molecule has 40 heavy (non-hydrogen) atoms. The van der Waals surface area contributed by atoms with E-state index in [0.717, 1.165) is 68.3 Å². The zero-order valence-corrected chi connectivity index (χ0v) is 23.6. The molecule has 216 valence electrons. The second kappa shape index (κ2) is 13.8. The molecule has 2 aliphatic rings. The smallest absolute Gasteiger partial charge is 0.240 e. The van der Waals surface area contributed by atoms with Gasteiger partial charge in [0.25, 0.3) is 0 Å². The maximum atomic E-state index is 6.64. The number of rotatable bonds is 13. The van der Waals surface area contributed by atoms with Gasteiger partial charge in [-0.2, -0.15) is 0 Å². The average molecular weight is 552 g/mol. The number of fused-ring (bicyclic) bond motifs is 1. The van der Waals surface area contributed by atoms with Gasteiger partial charge in [-0.25, -0.2) is 5.10 Å². The number of H-pyrrole nitrogens is 1. The lowest BCUT2D eigenvalue weighted by atomic mass is 9.82. The Labute approximate surface area is 235 Å². The first-order valence-corrected chi connectivity index (χ1v) is 14.1. The Morgan fingerprint density at radius 3 is 2.83 bits per heavy atom. The molecule has 0 amide bonds. The number of aromatic nitrogens is 4. The van der Waals surface area contributed by atoms with Crippen molar-refractivity contribution in [2.45, 2.75) is 56.9 Å². The molecule has 4 atom stereocenters. The molecule has 0 aliphatic carbocycles. The number of nitrogens with zero attached hydrogens (tertiary/aromatic N) is 4. The Hall–Kier alpha value is -3.41. The molecule has 0 unspecified atom stereocenters. The molecule has 11 heteroatoms. The number of benzene rings is 2. The Kier molecular flexibility index (Phi) is 9.69. The van der Waals surface area contributed by atoms with Crippen LogP contribution in [0.5, 0.6) is 11.5 Å². The van der Waals surface area contributed by atoms with Gasteiger partial charge >= 0.3 is 0 Å². The Morgan fingerprint density at radius 1 is 1.18 bits per heavy atom. The van der Waals surface area contributed by atoms with Crippen LogP contribution in [-0.4, -0.2) is 85.9 Å². The van der Waals surface area contributed by atoms with Gasteiger partial charge in [-0.05, 0) is 72.0 Å². The highest BCUT2D eigenvalue weighted by molar-refractivity contribution is 5.61. The molecule has 0 saturated carbocycles. The number of tetrazole rings is 1. The van der Waals surface area contributed by atoms with E-state index in [9.17, 15) is 0 Å². The second-order valence-corrected chi connectivity index (χ2v) is 10.6. The summed E-state index contributed by atoms with van der Waals surface area (Å²) in [7, 11) is 3.44. The van der Waals surface area contributed by atoms with Gasteiger partial charge in [0.05, 0.1) is 32.1 Å². The Bertz CT molecular complexity index is 1180. The van der Waals surface area contributed by atoms with Crippen LogP contribution in [0, 0.1) is 0 Å². The second-order valence-electron chi connectivity index (χ2n) is 10.6.